The molecule has 2 atom stereocenters. The van der Waals surface area contributed by atoms with Gasteiger partial charge in [0.1, 0.15) is 0 Å². The minimum Gasteiger partial charge on any atom is -0.481 e. The van der Waals surface area contributed by atoms with E-state index < -0.39 is 5.97 Å². The van der Waals surface area contributed by atoms with E-state index in [4.69, 9.17) is 23.2 Å². The van der Waals surface area contributed by atoms with Crippen LogP contribution in [0.25, 0.3) is 0 Å². The molecule has 1 fully saturated rings. The predicted octanol–water partition coefficient (Wildman–Crippen LogP) is 4.43. The molecule has 0 aromatic heterocycles. The number of rotatable bonds is 3. The van der Waals surface area contributed by atoms with Gasteiger partial charge in [-0.15, -0.1) is 0 Å². The first kappa shape index (κ1) is 13.7. The summed E-state index contributed by atoms with van der Waals surface area (Å²) in [7, 11) is 0. The molecule has 1 saturated carbocycles. The normalized spacial score (nSPS) is 23.9. The molecule has 0 heterocycles. The van der Waals surface area contributed by atoms with Crippen molar-refractivity contribution in [1.29, 1.82) is 0 Å². The third kappa shape index (κ3) is 2.99. The summed E-state index contributed by atoms with van der Waals surface area (Å²) in [5.74, 6) is -0.751. The lowest BCUT2D eigenvalue weighted by molar-refractivity contribution is -0.144. The molecule has 98 valence electrons. The summed E-state index contributed by atoms with van der Waals surface area (Å²) in [6.45, 7) is 0. The van der Waals surface area contributed by atoms with E-state index in [0.717, 1.165) is 31.2 Å². The van der Waals surface area contributed by atoms with Crippen LogP contribution in [0, 0.1) is 11.8 Å². The van der Waals surface area contributed by atoms with E-state index in [-0.39, 0.29) is 11.8 Å². The van der Waals surface area contributed by atoms with Crippen molar-refractivity contribution in [2.24, 2.45) is 11.8 Å². The Kier molecular flexibility index (Phi) is 4.52. The number of halogens is 2. The second-order valence-electron chi connectivity index (χ2n) is 4.91. The Morgan fingerprint density at radius 1 is 1.28 bits per heavy atom. The molecular weight excluding hydrogens is 271 g/mol. The maximum absolute atomic E-state index is 11.2. The number of benzene rings is 1. The van der Waals surface area contributed by atoms with Gasteiger partial charge in [-0.05, 0) is 36.8 Å². The maximum Gasteiger partial charge on any atom is 0.306 e. The summed E-state index contributed by atoms with van der Waals surface area (Å²) in [6, 6.07) is 5.55. The highest BCUT2D eigenvalue weighted by molar-refractivity contribution is 6.42. The Labute approximate surface area is 117 Å². The summed E-state index contributed by atoms with van der Waals surface area (Å²) in [5, 5.41) is 10.4. The molecule has 1 aromatic carbocycles. The van der Waals surface area contributed by atoms with Crippen molar-refractivity contribution >= 4 is 29.2 Å². The van der Waals surface area contributed by atoms with Gasteiger partial charge in [0.2, 0.25) is 0 Å². The molecule has 0 aliphatic heterocycles. The molecule has 2 rings (SSSR count). The van der Waals surface area contributed by atoms with E-state index in [1.165, 1.54) is 0 Å². The summed E-state index contributed by atoms with van der Waals surface area (Å²) in [6.07, 6.45) is 4.55. The van der Waals surface area contributed by atoms with Crippen molar-refractivity contribution < 1.29 is 9.90 Å². The Hall–Kier alpha value is -0.730. The molecule has 0 bridgehead atoms. The van der Waals surface area contributed by atoms with E-state index in [9.17, 15) is 9.90 Å². The first-order chi connectivity index (χ1) is 8.59. The monoisotopic (exact) mass is 286 g/mol. The molecule has 0 radical (unpaired) electrons. The third-order valence-electron chi connectivity index (χ3n) is 3.74. The van der Waals surface area contributed by atoms with Crippen molar-refractivity contribution in [3.8, 4) is 0 Å². The zero-order chi connectivity index (χ0) is 13.1. The van der Waals surface area contributed by atoms with Crippen LogP contribution in [-0.2, 0) is 11.2 Å². The Balaban J connectivity index is 2.16. The van der Waals surface area contributed by atoms with E-state index in [1.807, 2.05) is 12.1 Å². The number of carboxylic acid groups (broad SMARTS) is 1. The van der Waals surface area contributed by atoms with Crippen molar-refractivity contribution in [3.63, 3.8) is 0 Å². The van der Waals surface area contributed by atoms with Gasteiger partial charge in [-0.2, -0.15) is 0 Å². The first-order valence-corrected chi connectivity index (χ1v) is 7.01. The lowest BCUT2D eigenvalue weighted by atomic mass is 9.76. The van der Waals surface area contributed by atoms with Crippen LogP contribution in [0.5, 0.6) is 0 Å². The van der Waals surface area contributed by atoms with E-state index in [1.54, 1.807) is 6.07 Å². The highest BCUT2D eigenvalue weighted by Crippen LogP contribution is 2.35. The minimum absolute atomic E-state index is 0.173. The zero-order valence-electron chi connectivity index (χ0n) is 10.0. The molecule has 2 unspecified atom stereocenters. The highest BCUT2D eigenvalue weighted by atomic mass is 35.5. The van der Waals surface area contributed by atoms with E-state index >= 15 is 0 Å². The summed E-state index contributed by atoms with van der Waals surface area (Å²) < 4.78 is 0. The molecular formula is C14H16Cl2O2. The summed E-state index contributed by atoms with van der Waals surface area (Å²) >= 11 is 12.1. The number of carboxylic acids is 1. The Bertz CT molecular complexity index is 445. The van der Waals surface area contributed by atoms with Crippen LogP contribution < -0.4 is 0 Å². The van der Waals surface area contributed by atoms with Crippen molar-refractivity contribution in [2.45, 2.75) is 32.1 Å². The molecule has 1 aliphatic rings. The van der Waals surface area contributed by atoms with Gasteiger partial charge in [-0.1, -0.05) is 48.2 Å². The van der Waals surface area contributed by atoms with Gasteiger partial charge < -0.3 is 5.11 Å². The Morgan fingerprint density at radius 3 is 2.72 bits per heavy atom. The Morgan fingerprint density at radius 2 is 2.00 bits per heavy atom. The van der Waals surface area contributed by atoms with Crippen LogP contribution in [-0.4, -0.2) is 11.1 Å². The van der Waals surface area contributed by atoms with Crippen LogP contribution in [0.1, 0.15) is 31.2 Å². The molecule has 0 amide bonds. The average molecular weight is 287 g/mol. The average Bonchev–Trinajstić information content (AvgIpc) is 2.35. The highest BCUT2D eigenvalue weighted by Gasteiger charge is 2.31. The lowest BCUT2D eigenvalue weighted by Gasteiger charge is -2.28. The molecule has 1 aromatic rings. The fourth-order valence-electron chi connectivity index (χ4n) is 2.77. The van der Waals surface area contributed by atoms with E-state index in [2.05, 4.69) is 0 Å². The number of carbonyl (C=O) groups is 1. The van der Waals surface area contributed by atoms with Gasteiger partial charge >= 0.3 is 5.97 Å². The second kappa shape index (κ2) is 5.94. The maximum atomic E-state index is 11.2. The van der Waals surface area contributed by atoms with Gasteiger partial charge in [0.15, 0.2) is 0 Å². The number of hydrogen-bond acceptors (Lipinski definition) is 1. The van der Waals surface area contributed by atoms with Crippen molar-refractivity contribution in [3.05, 3.63) is 33.8 Å². The van der Waals surface area contributed by atoms with Crippen LogP contribution in [0.4, 0.5) is 0 Å². The molecule has 4 heteroatoms. The molecule has 1 aliphatic carbocycles. The fourth-order valence-corrected chi connectivity index (χ4v) is 3.16. The first-order valence-electron chi connectivity index (χ1n) is 6.25. The SMILES string of the molecule is O=C(O)C1CCCCC1Cc1cccc(Cl)c1Cl. The second-order valence-corrected chi connectivity index (χ2v) is 5.69. The van der Waals surface area contributed by atoms with Gasteiger partial charge in [0.25, 0.3) is 0 Å². The standard InChI is InChI=1S/C14H16Cl2O2/c15-12-7-3-5-10(13(12)16)8-9-4-1-2-6-11(9)14(17)18/h3,5,7,9,11H,1-2,4,6,8H2,(H,17,18). The van der Waals surface area contributed by atoms with Crippen LogP contribution in [0.2, 0.25) is 10.0 Å². The molecule has 18 heavy (non-hydrogen) atoms. The molecule has 1 N–H and O–H groups in total. The lowest BCUT2D eigenvalue weighted by Crippen LogP contribution is -2.28. The third-order valence-corrected chi connectivity index (χ3v) is 4.60. The van der Waals surface area contributed by atoms with Crippen LogP contribution in [0.15, 0.2) is 18.2 Å². The van der Waals surface area contributed by atoms with Gasteiger partial charge in [0, 0.05) is 0 Å². The topological polar surface area (TPSA) is 37.3 Å². The largest absolute Gasteiger partial charge is 0.481 e. The fraction of sp³-hybridized carbons (Fsp3) is 0.500. The predicted molar refractivity (Wildman–Crippen MR) is 73.2 cm³/mol. The van der Waals surface area contributed by atoms with Gasteiger partial charge in [0.05, 0.1) is 16.0 Å². The van der Waals surface area contributed by atoms with Gasteiger partial charge in [-0.3, -0.25) is 4.79 Å². The number of hydrogen-bond donors (Lipinski definition) is 1. The smallest absolute Gasteiger partial charge is 0.306 e. The molecule has 2 nitrogen and oxygen atoms in total. The quantitative estimate of drug-likeness (QED) is 0.893. The van der Waals surface area contributed by atoms with E-state index in [0.29, 0.717) is 16.5 Å². The van der Waals surface area contributed by atoms with Crippen LogP contribution >= 0.6 is 23.2 Å². The summed E-state index contributed by atoms with van der Waals surface area (Å²) in [4.78, 5) is 11.2. The van der Waals surface area contributed by atoms with Crippen LogP contribution in [0.3, 0.4) is 0 Å². The minimum atomic E-state index is -0.683. The molecule has 0 spiro atoms. The number of aliphatic carboxylic acids is 1. The van der Waals surface area contributed by atoms with Crippen molar-refractivity contribution in [2.75, 3.05) is 0 Å². The van der Waals surface area contributed by atoms with Crippen molar-refractivity contribution in [1.82, 2.24) is 0 Å². The zero-order valence-corrected chi connectivity index (χ0v) is 11.5. The van der Waals surface area contributed by atoms with Gasteiger partial charge in [-0.25, -0.2) is 0 Å². The summed E-state index contributed by atoms with van der Waals surface area (Å²) in [5.41, 5.74) is 0.960. The molecule has 0 saturated heterocycles.